The molecule has 0 aromatic rings. The van der Waals surface area contributed by atoms with E-state index >= 15 is 0 Å². The molecule has 390 valence electrons. The number of hydrogen-bond acceptors (Lipinski definition) is 8. The lowest BCUT2D eigenvalue weighted by molar-refractivity contribution is -0.870. The third-order valence-electron chi connectivity index (χ3n) is 12.5. The van der Waals surface area contributed by atoms with Gasteiger partial charge in [-0.2, -0.15) is 0 Å². The maximum atomic E-state index is 12.8. The molecular weight excluding hydrogens is 846 g/mol. The van der Waals surface area contributed by atoms with Crippen LogP contribution in [0.1, 0.15) is 271 Å². The molecule has 0 aliphatic rings. The highest BCUT2D eigenvalue weighted by molar-refractivity contribution is 7.45. The van der Waals surface area contributed by atoms with E-state index in [9.17, 15) is 19.0 Å². The lowest BCUT2D eigenvalue weighted by Gasteiger charge is -2.28. The Balaban J connectivity index is 4.22. The van der Waals surface area contributed by atoms with Gasteiger partial charge >= 0.3 is 11.9 Å². The number of quaternary nitrogens is 1. The normalized spacial score (nSPS) is 13.5. The summed E-state index contributed by atoms with van der Waals surface area (Å²) < 4.78 is 34.1. The van der Waals surface area contributed by atoms with Crippen LogP contribution in [0.15, 0.2) is 24.3 Å². The first kappa shape index (κ1) is 64.5. The van der Waals surface area contributed by atoms with E-state index in [1.54, 1.807) is 0 Å². The summed E-state index contributed by atoms with van der Waals surface area (Å²) in [4.78, 5) is 37.8. The van der Waals surface area contributed by atoms with Gasteiger partial charge in [-0.15, -0.1) is 0 Å². The van der Waals surface area contributed by atoms with Crippen molar-refractivity contribution in [1.29, 1.82) is 0 Å². The van der Waals surface area contributed by atoms with E-state index in [1.165, 1.54) is 193 Å². The van der Waals surface area contributed by atoms with Crippen LogP contribution >= 0.6 is 7.82 Å². The van der Waals surface area contributed by atoms with Crippen LogP contribution in [0.3, 0.4) is 0 Å². The molecule has 9 nitrogen and oxygen atoms in total. The van der Waals surface area contributed by atoms with Crippen molar-refractivity contribution in [3.8, 4) is 0 Å². The van der Waals surface area contributed by atoms with E-state index in [0.29, 0.717) is 17.4 Å². The molecule has 0 aromatic carbocycles. The van der Waals surface area contributed by atoms with Crippen molar-refractivity contribution in [2.45, 2.75) is 277 Å². The molecule has 0 saturated heterocycles. The fourth-order valence-electron chi connectivity index (χ4n) is 8.09. The zero-order valence-electron chi connectivity index (χ0n) is 44.2. The molecule has 66 heavy (non-hydrogen) atoms. The van der Waals surface area contributed by atoms with Crippen molar-refractivity contribution in [1.82, 2.24) is 0 Å². The standard InChI is InChI=1S/C56H108NO8P/c1-6-8-10-12-14-16-18-20-22-24-26-27-28-29-31-33-35-37-39-41-43-45-47-49-56(59)65-54(53-64-66(60,61)63-51-50-57(3,4)5)52-62-55(58)48-46-44-42-40-38-36-34-32-30-25-23-21-19-17-15-13-11-9-7-2/h33,35,41,43,54H,6-32,34,36-40,42,44-53H2,1-5H3/b35-33+,43-41+/t54-/m1/s1. The highest BCUT2D eigenvalue weighted by Crippen LogP contribution is 2.38. The lowest BCUT2D eigenvalue weighted by atomic mass is 10.0. The van der Waals surface area contributed by atoms with Gasteiger partial charge in [0.15, 0.2) is 6.10 Å². The number of allylic oxidation sites excluding steroid dienone is 4. The Morgan fingerprint density at radius 3 is 1.21 bits per heavy atom. The summed E-state index contributed by atoms with van der Waals surface area (Å²) >= 11 is 0. The van der Waals surface area contributed by atoms with Crippen LogP contribution in [0.25, 0.3) is 0 Å². The summed E-state index contributed by atoms with van der Waals surface area (Å²) in [6, 6.07) is 0. The first-order chi connectivity index (χ1) is 32.0. The van der Waals surface area contributed by atoms with E-state index in [4.69, 9.17) is 18.5 Å². The number of esters is 2. The Bertz CT molecular complexity index is 1170. The molecule has 0 saturated carbocycles. The molecule has 0 aliphatic carbocycles. The van der Waals surface area contributed by atoms with Gasteiger partial charge in [-0.1, -0.05) is 237 Å². The Kier molecular flexibility index (Phi) is 47.4. The molecule has 0 bridgehead atoms. The van der Waals surface area contributed by atoms with Gasteiger partial charge in [0.1, 0.15) is 19.8 Å². The average molecular weight is 954 g/mol. The number of likely N-dealkylation sites (N-methyl/N-ethyl adjacent to an activating group) is 1. The first-order valence-electron chi connectivity index (χ1n) is 28.0. The summed E-state index contributed by atoms with van der Waals surface area (Å²) in [6.45, 7) is 4.25. The van der Waals surface area contributed by atoms with E-state index < -0.39 is 26.5 Å². The molecule has 0 radical (unpaired) electrons. The zero-order valence-corrected chi connectivity index (χ0v) is 45.1. The van der Waals surface area contributed by atoms with E-state index in [2.05, 4.69) is 38.2 Å². The Labute approximate surface area is 409 Å². The molecule has 0 rings (SSSR count). The summed E-state index contributed by atoms with van der Waals surface area (Å²) in [5.74, 6) is -0.868. The fraction of sp³-hybridized carbons (Fsp3) is 0.893. The lowest BCUT2D eigenvalue weighted by Crippen LogP contribution is -2.37. The second-order valence-corrected chi connectivity index (χ2v) is 21.7. The number of carbonyl (C=O) groups is 2. The minimum Gasteiger partial charge on any atom is -0.756 e. The van der Waals surface area contributed by atoms with Crippen LogP contribution in [-0.2, 0) is 32.7 Å². The number of ether oxygens (including phenoxy) is 2. The van der Waals surface area contributed by atoms with E-state index in [-0.39, 0.29) is 32.0 Å². The molecule has 0 heterocycles. The molecule has 1 unspecified atom stereocenters. The Morgan fingerprint density at radius 1 is 0.455 bits per heavy atom. The van der Waals surface area contributed by atoms with Crippen LogP contribution in [0.2, 0.25) is 0 Å². The van der Waals surface area contributed by atoms with Crippen LogP contribution in [0, 0.1) is 0 Å². The third kappa shape index (κ3) is 51.9. The van der Waals surface area contributed by atoms with Gasteiger partial charge in [-0.05, 0) is 44.9 Å². The predicted molar refractivity (Wildman–Crippen MR) is 278 cm³/mol. The smallest absolute Gasteiger partial charge is 0.306 e. The zero-order chi connectivity index (χ0) is 48.5. The third-order valence-corrected chi connectivity index (χ3v) is 13.4. The molecule has 0 N–H and O–H groups in total. The van der Waals surface area contributed by atoms with Crippen molar-refractivity contribution in [3.05, 3.63) is 24.3 Å². The molecule has 2 atom stereocenters. The van der Waals surface area contributed by atoms with Gasteiger partial charge < -0.3 is 27.9 Å². The number of carbonyl (C=O) groups excluding carboxylic acids is 2. The van der Waals surface area contributed by atoms with Gasteiger partial charge in [0, 0.05) is 12.8 Å². The van der Waals surface area contributed by atoms with Crippen molar-refractivity contribution in [3.63, 3.8) is 0 Å². The summed E-state index contributed by atoms with van der Waals surface area (Å²) in [5, 5.41) is 0. The van der Waals surface area contributed by atoms with Crippen LogP contribution in [-0.4, -0.2) is 70.0 Å². The van der Waals surface area contributed by atoms with Crippen molar-refractivity contribution >= 4 is 19.8 Å². The van der Waals surface area contributed by atoms with Crippen molar-refractivity contribution in [2.75, 3.05) is 47.5 Å². The van der Waals surface area contributed by atoms with Gasteiger partial charge in [0.25, 0.3) is 7.82 Å². The van der Waals surface area contributed by atoms with Crippen LogP contribution in [0.4, 0.5) is 0 Å². The Morgan fingerprint density at radius 2 is 0.803 bits per heavy atom. The highest BCUT2D eigenvalue weighted by Gasteiger charge is 2.21. The minimum atomic E-state index is -4.64. The second-order valence-electron chi connectivity index (χ2n) is 20.3. The summed E-state index contributed by atoms with van der Waals surface area (Å²) in [7, 11) is 1.16. The number of hydrogen-bond donors (Lipinski definition) is 0. The second kappa shape index (κ2) is 48.5. The molecular formula is C56H108NO8P. The number of rotatable bonds is 52. The van der Waals surface area contributed by atoms with Gasteiger partial charge in [-0.3, -0.25) is 14.2 Å². The molecule has 0 aliphatic heterocycles. The Hall–Kier alpha value is -1.51. The van der Waals surface area contributed by atoms with Gasteiger partial charge in [0.05, 0.1) is 27.7 Å². The van der Waals surface area contributed by atoms with E-state index in [0.717, 1.165) is 44.9 Å². The number of phosphoric ester groups is 1. The number of nitrogens with zero attached hydrogens (tertiary/aromatic N) is 1. The predicted octanol–water partition coefficient (Wildman–Crippen LogP) is 16.4. The average Bonchev–Trinajstić information content (AvgIpc) is 3.27. The highest BCUT2D eigenvalue weighted by atomic mass is 31.2. The monoisotopic (exact) mass is 954 g/mol. The SMILES string of the molecule is CCCCCCCCCCCCCCCC/C=C/CC/C=C/CCCC(=O)O[C@H](COC(=O)CCCCCCCCCCCCCCCCCCCCC)COP(=O)([O-])OCC[N+](C)(C)C. The molecule has 0 amide bonds. The number of phosphoric acid groups is 1. The maximum absolute atomic E-state index is 12.8. The van der Waals surface area contributed by atoms with E-state index in [1.807, 2.05) is 21.1 Å². The van der Waals surface area contributed by atoms with Crippen LogP contribution < -0.4 is 4.89 Å². The van der Waals surface area contributed by atoms with Gasteiger partial charge in [-0.25, -0.2) is 0 Å². The fourth-order valence-corrected chi connectivity index (χ4v) is 8.82. The molecule has 10 heteroatoms. The van der Waals surface area contributed by atoms with Crippen molar-refractivity contribution in [2.24, 2.45) is 0 Å². The molecule has 0 spiro atoms. The topological polar surface area (TPSA) is 111 Å². The maximum Gasteiger partial charge on any atom is 0.306 e. The summed E-state index contributed by atoms with van der Waals surface area (Å²) in [6.07, 6.45) is 56.6. The summed E-state index contributed by atoms with van der Waals surface area (Å²) in [5.41, 5.74) is 0. The molecule has 0 aromatic heterocycles. The van der Waals surface area contributed by atoms with Crippen molar-refractivity contribution < 1.29 is 42.1 Å². The minimum absolute atomic E-state index is 0.0352. The van der Waals surface area contributed by atoms with Crippen LogP contribution in [0.5, 0.6) is 0 Å². The molecule has 0 fully saturated rings. The first-order valence-corrected chi connectivity index (χ1v) is 29.5. The van der Waals surface area contributed by atoms with Gasteiger partial charge in [0.2, 0.25) is 0 Å². The largest absolute Gasteiger partial charge is 0.756 e. The number of unbranched alkanes of at least 4 members (excludes halogenated alkanes) is 34. The quantitative estimate of drug-likeness (QED) is 0.0195.